The number of carbonyl (C=O) groups excluding carboxylic acids is 1. The molecule has 1 aliphatic rings. The van der Waals surface area contributed by atoms with Crippen molar-refractivity contribution < 1.29 is 4.79 Å². The summed E-state index contributed by atoms with van der Waals surface area (Å²) < 4.78 is 1.81. The number of carbonyl (C=O) groups is 1. The molecule has 6 nitrogen and oxygen atoms in total. The minimum Gasteiger partial charge on any atom is -0.268 e. The molecule has 0 aliphatic carbocycles. The molecule has 6 aromatic rings. The van der Waals surface area contributed by atoms with E-state index in [1.807, 2.05) is 35.9 Å². The van der Waals surface area contributed by atoms with Crippen molar-refractivity contribution in [1.82, 2.24) is 24.5 Å². The third kappa shape index (κ3) is 3.03. The quantitative estimate of drug-likeness (QED) is 0.241. The standard InChI is InChI=1S/C29H25N5OS2/c1-13(2)27-15(4)12-20(37-27)22-24-23(31-33(6)32-24)21(19-11-14(3)16(5)36-19)25-26(22)34-28(30-25)17-9-7-8-10-18(17)29(34)35/h7-13H,1-6H3. The molecule has 8 heteroatoms. The average Bonchev–Trinajstić information content (AvgIpc) is 3.64. The molecule has 0 bridgehead atoms. The highest BCUT2D eigenvalue weighted by Crippen LogP contribution is 2.49. The summed E-state index contributed by atoms with van der Waals surface area (Å²) in [4.78, 5) is 25.5. The van der Waals surface area contributed by atoms with E-state index < -0.39 is 0 Å². The van der Waals surface area contributed by atoms with Crippen molar-refractivity contribution in [3.63, 3.8) is 0 Å². The van der Waals surface area contributed by atoms with Crippen LogP contribution in [0.1, 0.15) is 51.0 Å². The van der Waals surface area contributed by atoms with Gasteiger partial charge >= 0.3 is 0 Å². The zero-order chi connectivity index (χ0) is 25.7. The van der Waals surface area contributed by atoms with Gasteiger partial charge in [0.15, 0.2) is 0 Å². The first kappa shape index (κ1) is 22.6. The molecule has 0 saturated heterocycles. The van der Waals surface area contributed by atoms with Crippen LogP contribution in [0.4, 0.5) is 0 Å². The number of fused-ring (bicyclic) bond motifs is 6. The smallest absolute Gasteiger partial charge is 0.264 e. The van der Waals surface area contributed by atoms with Crippen molar-refractivity contribution in [2.24, 2.45) is 7.05 Å². The molecule has 5 heterocycles. The van der Waals surface area contributed by atoms with E-state index in [1.165, 1.54) is 20.9 Å². The number of hydrogen-bond acceptors (Lipinski definition) is 6. The van der Waals surface area contributed by atoms with Crippen molar-refractivity contribution in [1.29, 1.82) is 0 Å². The van der Waals surface area contributed by atoms with Crippen molar-refractivity contribution in [3.05, 3.63) is 62.8 Å². The molecule has 0 radical (unpaired) electrons. The molecule has 0 spiro atoms. The van der Waals surface area contributed by atoms with Gasteiger partial charge in [-0.1, -0.05) is 32.0 Å². The topological polar surface area (TPSA) is 65.6 Å². The van der Waals surface area contributed by atoms with Gasteiger partial charge in [0.2, 0.25) is 0 Å². The largest absolute Gasteiger partial charge is 0.268 e. The molecular formula is C29H25N5OS2. The summed E-state index contributed by atoms with van der Waals surface area (Å²) in [6.45, 7) is 10.9. The average molecular weight is 524 g/mol. The van der Waals surface area contributed by atoms with Crippen LogP contribution in [-0.4, -0.2) is 30.5 Å². The maximum atomic E-state index is 13.9. The molecule has 0 amide bonds. The van der Waals surface area contributed by atoms with Gasteiger partial charge in [0.1, 0.15) is 22.4 Å². The van der Waals surface area contributed by atoms with Crippen molar-refractivity contribution in [2.75, 3.05) is 0 Å². The number of aryl methyl sites for hydroxylation is 4. The summed E-state index contributed by atoms with van der Waals surface area (Å²) in [5.74, 6) is 1.06. The number of nitrogens with zero attached hydrogens (tertiary/aromatic N) is 5. The first-order valence-corrected chi connectivity index (χ1v) is 14.0. The maximum Gasteiger partial charge on any atom is 0.264 e. The molecule has 0 atom stereocenters. The Labute approximate surface area is 222 Å². The van der Waals surface area contributed by atoms with E-state index >= 15 is 0 Å². The Morgan fingerprint density at radius 1 is 0.838 bits per heavy atom. The van der Waals surface area contributed by atoms with Gasteiger partial charge in [-0.15, -0.1) is 22.7 Å². The van der Waals surface area contributed by atoms with E-state index in [1.54, 1.807) is 27.5 Å². The van der Waals surface area contributed by atoms with Crippen LogP contribution in [-0.2, 0) is 7.05 Å². The van der Waals surface area contributed by atoms with Crippen LogP contribution >= 0.6 is 22.7 Å². The third-order valence-corrected chi connectivity index (χ3v) is 10.0. The lowest BCUT2D eigenvalue weighted by Gasteiger charge is -2.09. The molecule has 37 heavy (non-hydrogen) atoms. The van der Waals surface area contributed by atoms with Gasteiger partial charge in [-0.2, -0.15) is 15.0 Å². The first-order chi connectivity index (χ1) is 17.7. The van der Waals surface area contributed by atoms with E-state index in [9.17, 15) is 4.79 Å². The Morgan fingerprint density at radius 3 is 2.14 bits per heavy atom. The molecule has 7 rings (SSSR count). The third-order valence-electron chi connectivity index (χ3n) is 7.28. The Kier molecular flexibility index (Phi) is 4.69. The fourth-order valence-corrected chi connectivity index (χ4v) is 7.82. The maximum absolute atomic E-state index is 13.9. The van der Waals surface area contributed by atoms with Gasteiger partial charge < -0.3 is 0 Å². The van der Waals surface area contributed by atoms with Crippen molar-refractivity contribution in [3.8, 4) is 32.3 Å². The van der Waals surface area contributed by atoms with Gasteiger partial charge in [-0.05, 0) is 56.0 Å². The van der Waals surface area contributed by atoms with Crippen LogP contribution in [0.5, 0.6) is 0 Å². The second kappa shape index (κ2) is 7.69. The lowest BCUT2D eigenvalue weighted by molar-refractivity contribution is 0.0973. The number of rotatable bonds is 3. The Hall–Kier alpha value is -3.62. The molecular weight excluding hydrogens is 498 g/mol. The summed E-state index contributed by atoms with van der Waals surface area (Å²) in [7, 11) is 1.86. The Morgan fingerprint density at radius 2 is 1.49 bits per heavy atom. The van der Waals surface area contributed by atoms with Gasteiger partial charge in [0.25, 0.3) is 5.91 Å². The number of aromatic nitrogens is 5. The predicted molar refractivity (Wildman–Crippen MR) is 152 cm³/mol. The minimum absolute atomic E-state index is 0.0422. The number of hydrogen-bond donors (Lipinski definition) is 0. The zero-order valence-corrected chi connectivity index (χ0v) is 23.1. The second-order valence-corrected chi connectivity index (χ2v) is 12.5. The lowest BCUT2D eigenvalue weighted by atomic mass is 10.0. The highest BCUT2D eigenvalue weighted by atomic mass is 32.1. The Bertz CT molecular complexity index is 1910. The molecule has 0 N–H and O–H groups in total. The van der Waals surface area contributed by atoms with E-state index in [0.717, 1.165) is 48.5 Å². The molecule has 1 aliphatic heterocycles. The molecule has 2 aromatic carbocycles. The summed E-state index contributed by atoms with van der Waals surface area (Å²) in [5, 5.41) is 9.74. The van der Waals surface area contributed by atoms with E-state index in [-0.39, 0.29) is 5.91 Å². The highest BCUT2D eigenvalue weighted by Gasteiger charge is 2.35. The van der Waals surface area contributed by atoms with Crippen LogP contribution < -0.4 is 0 Å². The molecule has 0 saturated carbocycles. The fourth-order valence-electron chi connectivity index (χ4n) is 5.51. The van der Waals surface area contributed by atoms with Gasteiger partial charge in [0.05, 0.1) is 11.1 Å². The fraction of sp³-hybridized carbons (Fsp3) is 0.241. The molecule has 184 valence electrons. The summed E-state index contributed by atoms with van der Waals surface area (Å²) in [5.41, 5.74) is 9.18. The van der Waals surface area contributed by atoms with Crippen LogP contribution in [0.25, 0.3) is 54.3 Å². The minimum atomic E-state index is -0.0422. The predicted octanol–water partition coefficient (Wildman–Crippen LogP) is 7.49. The monoisotopic (exact) mass is 523 g/mol. The number of imidazole rings is 1. The number of benzene rings is 2. The van der Waals surface area contributed by atoms with Crippen LogP contribution in [0.3, 0.4) is 0 Å². The highest BCUT2D eigenvalue weighted by molar-refractivity contribution is 7.16. The summed E-state index contributed by atoms with van der Waals surface area (Å²) in [6.07, 6.45) is 0. The Balaban J connectivity index is 1.70. The van der Waals surface area contributed by atoms with Gasteiger partial charge in [-0.3, -0.25) is 9.36 Å². The normalized spacial score (nSPS) is 12.9. The van der Waals surface area contributed by atoms with Crippen LogP contribution in [0.15, 0.2) is 36.4 Å². The van der Waals surface area contributed by atoms with E-state index in [2.05, 4.69) is 46.8 Å². The molecule has 4 aromatic heterocycles. The summed E-state index contributed by atoms with van der Waals surface area (Å²) in [6, 6.07) is 12.2. The van der Waals surface area contributed by atoms with Crippen LogP contribution in [0, 0.1) is 20.8 Å². The lowest BCUT2D eigenvalue weighted by Crippen LogP contribution is -2.07. The number of thiophene rings is 2. The van der Waals surface area contributed by atoms with Gasteiger partial charge in [-0.25, -0.2) is 4.98 Å². The SMILES string of the molecule is Cc1cc(-c2c3nn(C)nc3c(-c3cc(C)c(C(C)C)s3)c3c2nc2n3C(=O)c3ccccc3-2)sc1C. The molecule has 0 unspecified atom stereocenters. The van der Waals surface area contributed by atoms with Crippen molar-refractivity contribution in [2.45, 2.75) is 40.5 Å². The second-order valence-electron chi connectivity index (χ2n) is 10.1. The van der Waals surface area contributed by atoms with Crippen LogP contribution in [0.2, 0.25) is 0 Å². The van der Waals surface area contributed by atoms with Crippen molar-refractivity contribution >= 4 is 50.6 Å². The first-order valence-electron chi connectivity index (χ1n) is 12.4. The van der Waals surface area contributed by atoms with E-state index in [4.69, 9.17) is 15.2 Å². The summed E-state index contributed by atoms with van der Waals surface area (Å²) >= 11 is 3.51. The van der Waals surface area contributed by atoms with E-state index in [0.29, 0.717) is 17.3 Å². The zero-order valence-electron chi connectivity index (χ0n) is 21.5. The van der Waals surface area contributed by atoms with Gasteiger partial charge in [0, 0.05) is 43.2 Å². The molecule has 0 fully saturated rings.